The third-order valence-electron chi connectivity index (χ3n) is 6.38. The van der Waals surface area contributed by atoms with Crippen LogP contribution < -0.4 is 10.2 Å². The molecule has 1 fully saturated rings. The molecule has 0 saturated carbocycles. The van der Waals surface area contributed by atoms with E-state index in [-0.39, 0.29) is 18.2 Å². The fraction of sp³-hybridized carbons (Fsp3) is 0.269. The van der Waals surface area contributed by atoms with Crippen LogP contribution in [0.3, 0.4) is 0 Å². The molecule has 0 spiro atoms. The molecule has 0 bridgehead atoms. The third kappa shape index (κ3) is 4.42. The van der Waals surface area contributed by atoms with Crippen molar-refractivity contribution >= 4 is 35.1 Å². The molecule has 4 aromatic rings. The lowest BCUT2D eigenvalue weighted by Gasteiger charge is -2.29. The van der Waals surface area contributed by atoms with Gasteiger partial charge < -0.3 is 20.1 Å². The van der Waals surface area contributed by atoms with E-state index < -0.39 is 5.97 Å². The van der Waals surface area contributed by atoms with Gasteiger partial charge >= 0.3 is 5.97 Å². The zero-order valence-corrected chi connectivity index (χ0v) is 20.7. The molecule has 3 heterocycles. The van der Waals surface area contributed by atoms with Gasteiger partial charge in [-0.15, -0.1) is 12.4 Å². The lowest BCUT2D eigenvalue weighted by atomic mass is 9.92. The number of hydrogen-bond acceptors (Lipinski definition) is 7. The standard InChI is InChI=1S/C26H27N5O3.ClH/c1-15-14-18(6-9-20(15)32)24-23(26(33)34-3)22(21-16(2)29-30-25(21)28-24)17-4-7-19(8-5-17)31-12-10-27-11-13-31;/h4-9,14,27,32H,10-13H2,1-3H3,(H,28,29,30);1H. The number of rotatable bonds is 4. The predicted molar refractivity (Wildman–Crippen MR) is 140 cm³/mol. The van der Waals surface area contributed by atoms with Crippen molar-refractivity contribution in [3.63, 3.8) is 0 Å². The molecule has 5 rings (SSSR count). The van der Waals surface area contributed by atoms with Crippen LogP contribution in [0.5, 0.6) is 5.75 Å². The second-order valence-corrected chi connectivity index (χ2v) is 8.53. The molecule has 8 nitrogen and oxygen atoms in total. The van der Waals surface area contributed by atoms with Crippen LogP contribution in [-0.2, 0) is 4.74 Å². The number of piperazine rings is 1. The quantitative estimate of drug-likeness (QED) is 0.365. The van der Waals surface area contributed by atoms with Crippen molar-refractivity contribution in [3.8, 4) is 28.1 Å². The highest BCUT2D eigenvalue weighted by Gasteiger charge is 2.26. The Bertz CT molecular complexity index is 1380. The topological polar surface area (TPSA) is 103 Å². The summed E-state index contributed by atoms with van der Waals surface area (Å²) in [6.45, 7) is 7.56. The average Bonchev–Trinajstić information content (AvgIpc) is 3.25. The third-order valence-corrected chi connectivity index (χ3v) is 6.38. The van der Waals surface area contributed by atoms with Crippen LogP contribution in [0.15, 0.2) is 42.5 Å². The molecule has 0 atom stereocenters. The Balaban J connectivity index is 0.00000289. The number of carbonyl (C=O) groups is 1. The van der Waals surface area contributed by atoms with Crippen LogP contribution in [0.2, 0.25) is 0 Å². The van der Waals surface area contributed by atoms with Gasteiger partial charge in [0.1, 0.15) is 5.75 Å². The van der Waals surface area contributed by atoms with Gasteiger partial charge in [-0.25, -0.2) is 9.78 Å². The van der Waals surface area contributed by atoms with Gasteiger partial charge in [0.25, 0.3) is 0 Å². The number of anilines is 1. The number of halogens is 1. The molecule has 182 valence electrons. The number of hydrogen-bond donors (Lipinski definition) is 3. The fourth-order valence-corrected chi connectivity index (χ4v) is 4.56. The Kier molecular flexibility index (Phi) is 6.95. The predicted octanol–water partition coefficient (Wildman–Crippen LogP) is 4.23. The number of ether oxygens (including phenoxy) is 1. The van der Waals surface area contributed by atoms with E-state index in [2.05, 4.69) is 32.5 Å². The summed E-state index contributed by atoms with van der Waals surface area (Å²) in [6.07, 6.45) is 0. The number of nitrogens with zero attached hydrogens (tertiary/aromatic N) is 3. The smallest absolute Gasteiger partial charge is 0.340 e. The second-order valence-electron chi connectivity index (χ2n) is 8.53. The summed E-state index contributed by atoms with van der Waals surface area (Å²) in [5.74, 6) is -0.291. The number of fused-ring (bicyclic) bond motifs is 1. The number of methoxy groups -OCH3 is 1. The lowest BCUT2D eigenvalue weighted by molar-refractivity contribution is 0.0602. The number of carbonyl (C=O) groups excluding carboxylic acids is 1. The Morgan fingerprint density at radius 2 is 1.74 bits per heavy atom. The highest BCUT2D eigenvalue weighted by molar-refractivity contribution is 6.11. The van der Waals surface area contributed by atoms with E-state index in [0.717, 1.165) is 54.1 Å². The van der Waals surface area contributed by atoms with Gasteiger partial charge in [-0.05, 0) is 55.3 Å². The number of aromatic nitrogens is 3. The van der Waals surface area contributed by atoms with Crippen LogP contribution >= 0.6 is 12.4 Å². The number of nitrogens with one attached hydrogen (secondary N) is 2. The van der Waals surface area contributed by atoms with E-state index in [1.54, 1.807) is 12.1 Å². The van der Waals surface area contributed by atoms with Crippen molar-refractivity contribution in [1.29, 1.82) is 0 Å². The van der Waals surface area contributed by atoms with Crippen LogP contribution in [-0.4, -0.2) is 59.5 Å². The van der Waals surface area contributed by atoms with Crippen LogP contribution in [0.4, 0.5) is 5.69 Å². The molecule has 2 aromatic heterocycles. The number of pyridine rings is 1. The highest BCUT2D eigenvalue weighted by Crippen LogP contribution is 2.39. The van der Waals surface area contributed by atoms with Gasteiger partial charge in [0.2, 0.25) is 0 Å². The van der Waals surface area contributed by atoms with E-state index in [1.165, 1.54) is 7.11 Å². The lowest BCUT2D eigenvalue weighted by Crippen LogP contribution is -2.43. The average molecular weight is 494 g/mol. The first-order valence-corrected chi connectivity index (χ1v) is 11.3. The number of aromatic hydroxyl groups is 1. The van der Waals surface area contributed by atoms with Gasteiger partial charge in [-0.1, -0.05) is 12.1 Å². The monoisotopic (exact) mass is 493 g/mol. The molecule has 0 radical (unpaired) electrons. The minimum absolute atomic E-state index is 0. The van der Waals surface area contributed by atoms with Crippen LogP contribution in [0, 0.1) is 13.8 Å². The molecule has 1 aliphatic rings. The molecule has 0 unspecified atom stereocenters. The molecule has 9 heteroatoms. The highest BCUT2D eigenvalue weighted by atomic mass is 35.5. The Hall–Kier alpha value is -3.62. The zero-order valence-electron chi connectivity index (χ0n) is 19.9. The number of aromatic amines is 1. The molecule has 0 amide bonds. The molecule has 0 aliphatic carbocycles. The summed E-state index contributed by atoms with van der Waals surface area (Å²) in [4.78, 5) is 20.3. The minimum Gasteiger partial charge on any atom is -0.508 e. The van der Waals surface area contributed by atoms with Gasteiger partial charge in [0.15, 0.2) is 5.65 Å². The normalized spacial score (nSPS) is 13.5. The second kappa shape index (κ2) is 9.93. The number of benzene rings is 2. The largest absolute Gasteiger partial charge is 0.508 e. The maximum atomic E-state index is 13.2. The number of phenolic OH excluding ortho intramolecular Hbond substituents is 1. The van der Waals surface area contributed by atoms with Crippen LogP contribution in [0.1, 0.15) is 21.6 Å². The maximum absolute atomic E-state index is 13.2. The van der Waals surface area contributed by atoms with E-state index >= 15 is 0 Å². The van der Waals surface area contributed by atoms with E-state index in [9.17, 15) is 9.90 Å². The molecule has 3 N–H and O–H groups in total. The Labute approximate surface area is 209 Å². The molecule has 2 aromatic carbocycles. The fourth-order valence-electron chi connectivity index (χ4n) is 4.56. The summed E-state index contributed by atoms with van der Waals surface area (Å²) in [7, 11) is 1.37. The van der Waals surface area contributed by atoms with E-state index in [4.69, 9.17) is 9.72 Å². The summed E-state index contributed by atoms with van der Waals surface area (Å²) in [5.41, 5.74) is 6.34. The Morgan fingerprint density at radius 3 is 2.40 bits per heavy atom. The summed E-state index contributed by atoms with van der Waals surface area (Å²) >= 11 is 0. The molecule has 35 heavy (non-hydrogen) atoms. The molecular weight excluding hydrogens is 466 g/mol. The van der Waals surface area contributed by atoms with Crippen molar-refractivity contribution in [2.45, 2.75) is 13.8 Å². The van der Waals surface area contributed by atoms with Crippen molar-refractivity contribution in [2.75, 3.05) is 38.2 Å². The molecule has 1 saturated heterocycles. The number of phenols is 1. The van der Waals surface area contributed by atoms with E-state index in [0.29, 0.717) is 28.0 Å². The van der Waals surface area contributed by atoms with Gasteiger partial charge in [-0.3, -0.25) is 5.10 Å². The van der Waals surface area contributed by atoms with Gasteiger partial charge in [0, 0.05) is 48.7 Å². The zero-order chi connectivity index (χ0) is 23.8. The molecular formula is C26H28ClN5O3. The van der Waals surface area contributed by atoms with Crippen molar-refractivity contribution in [3.05, 3.63) is 59.3 Å². The number of H-pyrrole nitrogens is 1. The van der Waals surface area contributed by atoms with E-state index in [1.807, 2.05) is 32.0 Å². The van der Waals surface area contributed by atoms with Crippen molar-refractivity contribution in [2.24, 2.45) is 0 Å². The summed E-state index contributed by atoms with van der Waals surface area (Å²) in [6, 6.07) is 13.4. The Morgan fingerprint density at radius 1 is 1.06 bits per heavy atom. The van der Waals surface area contributed by atoms with Crippen molar-refractivity contribution < 1.29 is 14.6 Å². The maximum Gasteiger partial charge on any atom is 0.340 e. The summed E-state index contributed by atoms with van der Waals surface area (Å²) < 4.78 is 5.22. The first kappa shape index (κ1) is 24.5. The first-order valence-electron chi connectivity index (χ1n) is 11.3. The first-order chi connectivity index (χ1) is 16.5. The SMILES string of the molecule is COC(=O)c1c(-c2ccc(O)c(C)c2)nc2n[nH]c(C)c2c1-c1ccc(N2CCNCC2)cc1.Cl. The van der Waals surface area contributed by atoms with Gasteiger partial charge in [-0.2, -0.15) is 5.10 Å². The van der Waals surface area contributed by atoms with Gasteiger partial charge in [0.05, 0.1) is 23.8 Å². The number of esters is 1. The number of aryl methyl sites for hydroxylation is 2. The minimum atomic E-state index is -0.475. The molecule has 1 aliphatic heterocycles. The summed E-state index contributed by atoms with van der Waals surface area (Å²) in [5, 5.41) is 21.6. The van der Waals surface area contributed by atoms with Crippen molar-refractivity contribution in [1.82, 2.24) is 20.5 Å². The van der Waals surface area contributed by atoms with Crippen LogP contribution in [0.25, 0.3) is 33.4 Å².